The second-order valence-corrected chi connectivity index (χ2v) is 5.14. The number of nitro groups is 1. The highest BCUT2D eigenvalue weighted by Gasteiger charge is 2.18. The zero-order chi connectivity index (χ0) is 13.1. The zero-order valence-corrected chi connectivity index (χ0v) is 10.3. The molecule has 0 aliphatic rings. The van der Waals surface area contributed by atoms with Crippen molar-refractivity contribution in [1.82, 2.24) is 9.97 Å². The van der Waals surface area contributed by atoms with E-state index in [9.17, 15) is 14.9 Å². The van der Waals surface area contributed by atoms with Gasteiger partial charge in [0.15, 0.2) is 4.34 Å². The van der Waals surface area contributed by atoms with E-state index in [1.165, 1.54) is 11.3 Å². The van der Waals surface area contributed by atoms with Gasteiger partial charge in [-0.25, -0.2) is 14.8 Å². The number of hydrogen-bond acceptors (Lipinski definition) is 7. The van der Waals surface area contributed by atoms with Gasteiger partial charge < -0.3 is 5.11 Å². The summed E-state index contributed by atoms with van der Waals surface area (Å²) in [5.74, 6) is -1.26. The van der Waals surface area contributed by atoms with E-state index >= 15 is 0 Å². The third-order valence-corrected chi connectivity index (χ3v) is 3.77. The third kappa shape index (κ3) is 2.63. The van der Waals surface area contributed by atoms with Crippen molar-refractivity contribution in [3.05, 3.63) is 39.5 Å². The third-order valence-electron chi connectivity index (χ3n) is 1.87. The number of carbonyl (C=O) groups is 1. The topological polar surface area (TPSA) is 106 Å². The Morgan fingerprint density at radius 2 is 2.28 bits per heavy atom. The van der Waals surface area contributed by atoms with Gasteiger partial charge >= 0.3 is 5.97 Å². The summed E-state index contributed by atoms with van der Waals surface area (Å²) in [5.41, 5.74) is -0.555. The van der Waals surface area contributed by atoms with Gasteiger partial charge in [-0.2, -0.15) is 0 Å². The summed E-state index contributed by atoms with van der Waals surface area (Å²) in [6.45, 7) is 0. The van der Waals surface area contributed by atoms with Crippen LogP contribution in [0.4, 0.5) is 5.69 Å². The van der Waals surface area contributed by atoms with Crippen LogP contribution in [0.1, 0.15) is 10.4 Å². The largest absolute Gasteiger partial charge is 0.478 e. The summed E-state index contributed by atoms with van der Waals surface area (Å²) >= 11 is 2.40. The molecule has 0 bridgehead atoms. The Labute approximate surface area is 109 Å². The second kappa shape index (κ2) is 5.10. The van der Waals surface area contributed by atoms with Crippen molar-refractivity contribution in [2.75, 3.05) is 0 Å². The molecular weight excluding hydrogens is 278 g/mol. The number of nitrogens with zero attached hydrogens (tertiary/aromatic N) is 3. The fourth-order valence-corrected chi connectivity index (χ4v) is 2.72. The van der Waals surface area contributed by atoms with Gasteiger partial charge in [0.1, 0.15) is 11.2 Å². The van der Waals surface area contributed by atoms with Crippen molar-refractivity contribution in [3.63, 3.8) is 0 Å². The molecule has 0 radical (unpaired) electrons. The fraction of sp³-hybridized carbons (Fsp3) is 0. The molecule has 0 saturated heterocycles. The Hall–Kier alpha value is -2.00. The normalized spacial score (nSPS) is 10.2. The van der Waals surface area contributed by atoms with E-state index in [4.69, 9.17) is 5.11 Å². The van der Waals surface area contributed by atoms with Crippen molar-refractivity contribution in [2.45, 2.75) is 9.37 Å². The Balaban J connectivity index is 2.40. The van der Waals surface area contributed by atoms with Crippen LogP contribution in [0.2, 0.25) is 0 Å². The van der Waals surface area contributed by atoms with Crippen LogP contribution in [0.15, 0.2) is 33.2 Å². The fourth-order valence-electron chi connectivity index (χ4n) is 1.12. The monoisotopic (exact) mass is 283 g/mol. The van der Waals surface area contributed by atoms with E-state index in [-0.39, 0.29) is 16.3 Å². The number of thiazole rings is 1. The lowest BCUT2D eigenvalue weighted by Crippen LogP contribution is -2.02. The predicted octanol–water partition coefficient (Wildman–Crippen LogP) is 2.30. The van der Waals surface area contributed by atoms with Crippen LogP contribution in [0.3, 0.4) is 0 Å². The van der Waals surface area contributed by atoms with Gasteiger partial charge in [-0.05, 0) is 11.8 Å². The summed E-state index contributed by atoms with van der Waals surface area (Å²) < 4.78 is 0.624. The summed E-state index contributed by atoms with van der Waals surface area (Å²) in [4.78, 5) is 28.7. The smallest absolute Gasteiger partial charge is 0.338 e. The minimum absolute atomic E-state index is 0.183. The molecule has 0 unspecified atom stereocenters. The van der Waals surface area contributed by atoms with Crippen LogP contribution >= 0.6 is 23.1 Å². The minimum atomic E-state index is -1.26. The number of carboxylic acid groups (broad SMARTS) is 1. The van der Waals surface area contributed by atoms with Crippen molar-refractivity contribution < 1.29 is 14.8 Å². The standard InChI is InChI=1S/C9H5N3O4S2/c13-8(14)6-3-5(12(15)16)4-11-7(6)18-9-10-1-2-17-9/h1-4H,(H,13,14). The molecule has 0 aliphatic heterocycles. The molecule has 0 fully saturated rings. The molecule has 0 aliphatic carbocycles. The number of aromatic carboxylic acids is 1. The first-order valence-corrected chi connectivity index (χ1v) is 6.22. The Morgan fingerprint density at radius 3 is 2.83 bits per heavy atom. The lowest BCUT2D eigenvalue weighted by Gasteiger charge is -2.02. The second-order valence-electron chi connectivity index (χ2n) is 3.01. The minimum Gasteiger partial charge on any atom is -0.478 e. The SMILES string of the molecule is O=C(O)c1cc([N+](=O)[O-])cnc1Sc1nccs1. The van der Waals surface area contributed by atoms with Crippen LogP contribution in [-0.2, 0) is 0 Å². The summed E-state index contributed by atoms with van der Waals surface area (Å²) in [7, 11) is 0. The summed E-state index contributed by atoms with van der Waals surface area (Å²) in [6, 6.07) is 0.991. The van der Waals surface area contributed by atoms with Gasteiger partial charge in [-0.3, -0.25) is 10.1 Å². The molecule has 2 heterocycles. The molecule has 2 aromatic heterocycles. The van der Waals surface area contributed by atoms with Gasteiger partial charge in [-0.1, -0.05) is 0 Å². The maximum atomic E-state index is 11.0. The van der Waals surface area contributed by atoms with E-state index in [1.807, 2.05) is 0 Å². The van der Waals surface area contributed by atoms with Crippen molar-refractivity contribution in [1.29, 1.82) is 0 Å². The summed E-state index contributed by atoms with van der Waals surface area (Å²) in [6.07, 6.45) is 2.61. The highest BCUT2D eigenvalue weighted by atomic mass is 32.2. The predicted molar refractivity (Wildman–Crippen MR) is 64.1 cm³/mol. The molecule has 0 saturated carbocycles. The lowest BCUT2D eigenvalue weighted by molar-refractivity contribution is -0.385. The quantitative estimate of drug-likeness (QED) is 0.677. The highest BCUT2D eigenvalue weighted by molar-refractivity contribution is 8.01. The Bertz CT molecular complexity index is 600. The molecule has 0 amide bonds. The first-order chi connectivity index (χ1) is 8.58. The molecule has 92 valence electrons. The van der Waals surface area contributed by atoms with Crippen LogP contribution < -0.4 is 0 Å². The number of pyridine rings is 1. The highest BCUT2D eigenvalue weighted by Crippen LogP contribution is 2.31. The first-order valence-electron chi connectivity index (χ1n) is 4.53. The van der Waals surface area contributed by atoms with Gasteiger partial charge in [0, 0.05) is 17.6 Å². The average molecular weight is 283 g/mol. The molecule has 9 heteroatoms. The molecule has 2 rings (SSSR count). The molecule has 2 aromatic rings. The molecular formula is C9H5N3O4S2. The van der Waals surface area contributed by atoms with E-state index < -0.39 is 10.9 Å². The first kappa shape index (κ1) is 12.5. The average Bonchev–Trinajstić information content (AvgIpc) is 2.81. The molecule has 18 heavy (non-hydrogen) atoms. The molecule has 0 aromatic carbocycles. The number of carboxylic acids is 1. The lowest BCUT2D eigenvalue weighted by atomic mass is 10.3. The number of aromatic nitrogens is 2. The van der Waals surface area contributed by atoms with E-state index in [0.29, 0.717) is 4.34 Å². The zero-order valence-electron chi connectivity index (χ0n) is 8.64. The maximum absolute atomic E-state index is 11.0. The maximum Gasteiger partial charge on any atom is 0.338 e. The van der Waals surface area contributed by atoms with Crippen molar-refractivity contribution in [2.24, 2.45) is 0 Å². The number of hydrogen-bond donors (Lipinski definition) is 1. The van der Waals surface area contributed by atoms with E-state index in [1.54, 1.807) is 11.6 Å². The molecule has 1 N–H and O–H groups in total. The Kier molecular flexibility index (Phi) is 3.53. The Morgan fingerprint density at radius 1 is 1.50 bits per heavy atom. The van der Waals surface area contributed by atoms with Gasteiger partial charge in [0.25, 0.3) is 5.69 Å². The van der Waals surface area contributed by atoms with Crippen molar-refractivity contribution >= 4 is 34.8 Å². The van der Waals surface area contributed by atoms with Gasteiger partial charge in [0.05, 0.1) is 10.5 Å². The van der Waals surface area contributed by atoms with Crippen LogP contribution in [0.5, 0.6) is 0 Å². The van der Waals surface area contributed by atoms with E-state index in [0.717, 1.165) is 24.0 Å². The van der Waals surface area contributed by atoms with E-state index in [2.05, 4.69) is 9.97 Å². The van der Waals surface area contributed by atoms with Crippen LogP contribution in [0.25, 0.3) is 0 Å². The van der Waals surface area contributed by atoms with Gasteiger partial charge in [0.2, 0.25) is 0 Å². The molecule has 7 nitrogen and oxygen atoms in total. The molecule has 0 atom stereocenters. The van der Waals surface area contributed by atoms with Crippen molar-refractivity contribution in [3.8, 4) is 0 Å². The van der Waals surface area contributed by atoms with Crippen LogP contribution in [0, 0.1) is 10.1 Å². The molecule has 0 spiro atoms. The summed E-state index contributed by atoms with van der Waals surface area (Å²) in [5, 5.41) is 21.5. The number of rotatable bonds is 4. The van der Waals surface area contributed by atoms with Crippen LogP contribution in [-0.4, -0.2) is 26.0 Å². The van der Waals surface area contributed by atoms with Gasteiger partial charge in [-0.15, -0.1) is 11.3 Å².